The number of fused-ring (bicyclic) bond motifs is 1. The number of ether oxygens (including phenoxy) is 2. The van der Waals surface area contributed by atoms with E-state index in [9.17, 15) is 4.79 Å². The molecule has 1 aliphatic heterocycles. The first-order valence-electron chi connectivity index (χ1n) is 9.10. The number of hydrogen-bond acceptors (Lipinski definition) is 4. The van der Waals surface area contributed by atoms with Crippen LogP contribution in [0.5, 0.6) is 5.75 Å². The fourth-order valence-corrected chi connectivity index (χ4v) is 3.18. The third kappa shape index (κ3) is 4.59. The Morgan fingerprint density at radius 2 is 2.00 bits per heavy atom. The van der Waals surface area contributed by atoms with Crippen LogP contribution in [0.2, 0.25) is 0 Å². The zero-order valence-electron chi connectivity index (χ0n) is 15.9. The molecule has 1 N–H and O–H groups in total. The number of nitrogens with zero attached hydrogens (tertiary/aromatic N) is 1. The first-order valence-corrected chi connectivity index (χ1v) is 9.10. The van der Waals surface area contributed by atoms with E-state index in [0.29, 0.717) is 18.7 Å². The number of rotatable bonds is 3. The Morgan fingerprint density at radius 3 is 2.67 bits per heavy atom. The average molecular weight is 364 g/mol. The summed E-state index contributed by atoms with van der Waals surface area (Å²) in [5.41, 5.74) is 3.20. The molecule has 1 amide bonds. The summed E-state index contributed by atoms with van der Waals surface area (Å²) in [5.74, 6) is 1.02. The molecule has 2 aromatic carbocycles. The maximum atomic E-state index is 12.0. The minimum Gasteiger partial charge on any atom is -0.493 e. The van der Waals surface area contributed by atoms with Gasteiger partial charge in [-0.05, 0) is 50.5 Å². The number of carbonyl (C=O) groups is 1. The van der Waals surface area contributed by atoms with Crippen LogP contribution in [-0.4, -0.2) is 24.8 Å². The summed E-state index contributed by atoms with van der Waals surface area (Å²) in [7, 11) is 0. The van der Waals surface area contributed by atoms with Crippen molar-refractivity contribution in [3.05, 3.63) is 53.6 Å². The van der Waals surface area contributed by atoms with Crippen molar-refractivity contribution < 1.29 is 14.3 Å². The number of amides is 1. The number of nitriles is 1. The summed E-state index contributed by atoms with van der Waals surface area (Å²) in [6.45, 7) is 6.64. The number of para-hydroxylation sites is 1. The number of hydrogen-bond donors (Lipinski definition) is 1. The lowest BCUT2D eigenvalue weighted by atomic mass is 9.89. The minimum absolute atomic E-state index is 0.166. The van der Waals surface area contributed by atoms with Gasteiger partial charge in [-0.25, -0.2) is 4.79 Å². The fourth-order valence-electron chi connectivity index (χ4n) is 3.18. The molecule has 0 saturated heterocycles. The third-order valence-corrected chi connectivity index (χ3v) is 4.41. The van der Waals surface area contributed by atoms with Crippen LogP contribution in [0.25, 0.3) is 11.1 Å². The second kappa shape index (κ2) is 7.71. The van der Waals surface area contributed by atoms with E-state index in [4.69, 9.17) is 14.7 Å². The molecule has 3 rings (SSSR count). The fraction of sp³-hybridized carbons (Fsp3) is 0.364. The van der Waals surface area contributed by atoms with Crippen molar-refractivity contribution in [1.29, 1.82) is 5.26 Å². The van der Waals surface area contributed by atoms with Crippen molar-refractivity contribution in [3.63, 3.8) is 0 Å². The van der Waals surface area contributed by atoms with E-state index in [2.05, 4.69) is 11.4 Å². The van der Waals surface area contributed by atoms with E-state index in [1.807, 2.05) is 51.1 Å². The summed E-state index contributed by atoms with van der Waals surface area (Å²) in [4.78, 5) is 12.0. The highest BCUT2D eigenvalue weighted by atomic mass is 16.6. The van der Waals surface area contributed by atoms with Crippen molar-refractivity contribution in [3.8, 4) is 22.9 Å². The van der Waals surface area contributed by atoms with Gasteiger partial charge in [-0.1, -0.05) is 30.3 Å². The van der Waals surface area contributed by atoms with Gasteiger partial charge >= 0.3 is 6.09 Å². The van der Waals surface area contributed by atoms with Crippen LogP contribution in [0.1, 0.15) is 44.2 Å². The number of alkyl carbamates (subject to hydrolysis) is 1. The van der Waals surface area contributed by atoms with Crippen LogP contribution in [0, 0.1) is 11.3 Å². The van der Waals surface area contributed by atoms with E-state index < -0.39 is 11.7 Å². The zero-order chi connectivity index (χ0) is 19.4. The predicted octanol–water partition coefficient (Wildman–Crippen LogP) is 4.62. The lowest BCUT2D eigenvalue weighted by Crippen LogP contribution is -2.35. The Kier molecular flexibility index (Phi) is 5.36. The molecule has 1 unspecified atom stereocenters. The van der Waals surface area contributed by atoms with E-state index in [-0.39, 0.29) is 5.92 Å². The molecule has 5 heteroatoms. The Morgan fingerprint density at radius 1 is 1.26 bits per heavy atom. The molecule has 0 aliphatic carbocycles. The van der Waals surface area contributed by atoms with E-state index in [1.165, 1.54) is 0 Å². The van der Waals surface area contributed by atoms with Gasteiger partial charge in [0.15, 0.2) is 0 Å². The predicted molar refractivity (Wildman–Crippen MR) is 104 cm³/mol. The van der Waals surface area contributed by atoms with Gasteiger partial charge in [0.25, 0.3) is 0 Å². The van der Waals surface area contributed by atoms with Gasteiger partial charge in [0.2, 0.25) is 0 Å². The van der Waals surface area contributed by atoms with Crippen LogP contribution in [-0.2, 0) is 4.74 Å². The lowest BCUT2D eigenvalue weighted by Gasteiger charge is -2.28. The molecule has 0 saturated carbocycles. The third-order valence-electron chi connectivity index (χ3n) is 4.41. The van der Waals surface area contributed by atoms with Gasteiger partial charge in [-0.15, -0.1) is 0 Å². The molecule has 0 fully saturated rings. The molecule has 0 bridgehead atoms. The summed E-state index contributed by atoms with van der Waals surface area (Å²) in [5, 5.41) is 11.9. The molecule has 1 aliphatic rings. The molecule has 27 heavy (non-hydrogen) atoms. The van der Waals surface area contributed by atoms with Gasteiger partial charge in [0, 0.05) is 18.0 Å². The summed E-state index contributed by atoms with van der Waals surface area (Å²) in [6, 6.07) is 15.7. The van der Waals surface area contributed by atoms with Crippen molar-refractivity contribution >= 4 is 6.09 Å². The molecule has 0 aromatic heterocycles. The van der Waals surface area contributed by atoms with Crippen LogP contribution in [0.15, 0.2) is 42.5 Å². The average Bonchev–Trinajstić information content (AvgIpc) is 2.64. The van der Waals surface area contributed by atoms with E-state index in [0.717, 1.165) is 28.9 Å². The SMILES string of the molecule is CC(C)(C)OC(=O)NCC1CCOc2c(-c3ccc(C#N)cc3)cccc21. The molecule has 0 spiro atoms. The quantitative estimate of drug-likeness (QED) is 0.863. The first kappa shape index (κ1) is 18.8. The second-order valence-corrected chi connectivity index (χ2v) is 7.63. The van der Waals surface area contributed by atoms with Crippen molar-refractivity contribution in [2.24, 2.45) is 0 Å². The van der Waals surface area contributed by atoms with Crippen LogP contribution < -0.4 is 10.1 Å². The van der Waals surface area contributed by atoms with Gasteiger partial charge in [0.05, 0.1) is 18.2 Å². The van der Waals surface area contributed by atoms with Gasteiger partial charge in [-0.2, -0.15) is 5.26 Å². The Bertz CT molecular complexity index is 861. The van der Waals surface area contributed by atoms with E-state index in [1.54, 1.807) is 12.1 Å². The monoisotopic (exact) mass is 364 g/mol. The Balaban J connectivity index is 1.80. The Labute approximate surface area is 159 Å². The highest BCUT2D eigenvalue weighted by Crippen LogP contribution is 2.40. The highest BCUT2D eigenvalue weighted by molar-refractivity contribution is 5.73. The van der Waals surface area contributed by atoms with Crippen LogP contribution >= 0.6 is 0 Å². The summed E-state index contributed by atoms with van der Waals surface area (Å²) < 4.78 is 11.3. The van der Waals surface area contributed by atoms with Gasteiger partial charge in [0.1, 0.15) is 11.4 Å². The minimum atomic E-state index is -0.513. The largest absolute Gasteiger partial charge is 0.493 e. The smallest absolute Gasteiger partial charge is 0.407 e. The second-order valence-electron chi connectivity index (χ2n) is 7.63. The maximum Gasteiger partial charge on any atom is 0.407 e. The van der Waals surface area contributed by atoms with E-state index >= 15 is 0 Å². The highest BCUT2D eigenvalue weighted by Gasteiger charge is 2.25. The summed E-state index contributed by atoms with van der Waals surface area (Å²) in [6.07, 6.45) is 0.429. The molecule has 0 radical (unpaired) electrons. The molecule has 1 heterocycles. The van der Waals surface area contributed by atoms with Gasteiger partial charge < -0.3 is 14.8 Å². The zero-order valence-corrected chi connectivity index (χ0v) is 15.9. The molecule has 5 nitrogen and oxygen atoms in total. The van der Waals surface area contributed by atoms with Crippen LogP contribution in [0.3, 0.4) is 0 Å². The van der Waals surface area contributed by atoms with Crippen molar-refractivity contribution in [2.75, 3.05) is 13.2 Å². The lowest BCUT2D eigenvalue weighted by molar-refractivity contribution is 0.0521. The standard InChI is InChI=1S/C22H24N2O3/c1-22(2,3)27-21(25)24-14-17-11-12-26-20-18(5-4-6-19(17)20)16-9-7-15(13-23)8-10-16/h4-10,17H,11-12,14H2,1-3H3,(H,24,25). The molecule has 140 valence electrons. The normalized spacial score (nSPS) is 15.9. The molecular formula is C22H24N2O3. The molecular weight excluding hydrogens is 340 g/mol. The summed E-state index contributed by atoms with van der Waals surface area (Å²) >= 11 is 0. The maximum absolute atomic E-state index is 12.0. The van der Waals surface area contributed by atoms with Crippen LogP contribution in [0.4, 0.5) is 4.79 Å². The number of carbonyl (C=O) groups excluding carboxylic acids is 1. The van der Waals surface area contributed by atoms with Crippen molar-refractivity contribution in [2.45, 2.75) is 38.7 Å². The Hall–Kier alpha value is -3.00. The molecule has 2 aromatic rings. The molecule has 1 atom stereocenters. The topological polar surface area (TPSA) is 71.3 Å². The number of nitrogens with one attached hydrogen (secondary N) is 1. The van der Waals surface area contributed by atoms with Gasteiger partial charge in [-0.3, -0.25) is 0 Å². The number of benzene rings is 2. The van der Waals surface area contributed by atoms with Crippen molar-refractivity contribution in [1.82, 2.24) is 5.32 Å². The first-order chi connectivity index (χ1) is 12.9.